The fourth-order valence-corrected chi connectivity index (χ4v) is 1.41. The van der Waals surface area contributed by atoms with E-state index >= 15 is 0 Å². The van der Waals surface area contributed by atoms with Crippen LogP contribution in [0, 0.1) is 12.8 Å². The quantitative estimate of drug-likeness (QED) is 0.832. The lowest BCUT2D eigenvalue weighted by Gasteiger charge is -2.20. The SMILES string of the molecule is Cc1ccc(C(=O)[C@@H](C)[C@H](O)C(F)(F)F)cc1. The van der Waals surface area contributed by atoms with E-state index in [1.165, 1.54) is 12.1 Å². The molecule has 1 N–H and O–H groups in total. The smallest absolute Gasteiger partial charge is 0.383 e. The van der Waals surface area contributed by atoms with Crippen LogP contribution in [0.2, 0.25) is 0 Å². The van der Waals surface area contributed by atoms with Crippen molar-refractivity contribution in [2.75, 3.05) is 0 Å². The number of alkyl halides is 3. The zero-order valence-corrected chi connectivity index (χ0v) is 9.45. The summed E-state index contributed by atoms with van der Waals surface area (Å²) in [5.74, 6) is -2.22. The molecule has 0 radical (unpaired) electrons. The number of hydrogen-bond donors (Lipinski definition) is 1. The molecule has 1 rings (SSSR count). The van der Waals surface area contributed by atoms with Gasteiger partial charge in [0.1, 0.15) is 0 Å². The Morgan fingerprint density at radius 3 is 2.12 bits per heavy atom. The summed E-state index contributed by atoms with van der Waals surface area (Å²) >= 11 is 0. The molecule has 0 heterocycles. The molecule has 1 aromatic carbocycles. The van der Waals surface area contributed by atoms with Crippen LogP contribution in [0.25, 0.3) is 0 Å². The zero-order valence-electron chi connectivity index (χ0n) is 9.45. The molecule has 1 aromatic rings. The van der Waals surface area contributed by atoms with E-state index in [9.17, 15) is 18.0 Å². The number of benzene rings is 1. The predicted octanol–water partition coefficient (Wildman–Crippen LogP) is 2.74. The Kier molecular flexibility index (Phi) is 3.93. The Bertz CT molecular complexity index is 395. The summed E-state index contributed by atoms with van der Waals surface area (Å²) in [5, 5.41) is 8.99. The summed E-state index contributed by atoms with van der Waals surface area (Å²) in [7, 11) is 0. The summed E-state index contributed by atoms with van der Waals surface area (Å²) in [6, 6.07) is 6.19. The maximum absolute atomic E-state index is 12.2. The van der Waals surface area contributed by atoms with Crippen molar-refractivity contribution in [3.8, 4) is 0 Å². The molecule has 0 saturated heterocycles. The molecule has 0 aromatic heterocycles. The van der Waals surface area contributed by atoms with Crippen molar-refractivity contribution in [1.82, 2.24) is 0 Å². The number of aliphatic hydroxyl groups is 1. The molecule has 0 aliphatic carbocycles. The minimum Gasteiger partial charge on any atom is -0.383 e. The molecule has 0 fully saturated rings. The van der Waals surface area contributed by atoms with Crippen molar-refractivity contribution in [2.45, 2.75) is 26.1 Å². The van der Waals surface area contributed by atoms with Gasteiger partial charge in [0.15, 0.2) is 11.9 Å². The average Bonchev–Trinajstić information content (AvgIpc) is 2.26. The van der Waals surface area contributed by atoms with Crippen molar-refractivity contribution in [2.24, 2.45) is 5.92 Å². The molecule has 17 heavy (non-hydrogen) atoms. The Morgan fingerprint density at radius 1 is 1.24 bits per heavy atom. The fourth-order valence-electron chi connectivity index (χ4n) is 1.41. The van der Waals surface area contributed by atoms with E-state index in [4.69, 9.17) is 5.11 Å². The van der Waals surface area contributed by atoms with E-state index in [2.05, 4.69) is 0 Å². The fraction of sp³-hybridized carbons (Fsp3) is 0.417. The normalized spacial score (nSPS) is 15.4. The van der Waals surface area contributed by atoms with Crippen molar-refractivity contribution in [3.63, 3.8) is 0 Å². The second-order valence-corrected chi connectivity index (χ2v) is 4.01. The number of carbonyl (C=O) groups is 1. The molecule has 94 valence electrons. The van der Waals surface area contributed by atoms with Gasteiger partial charge < -0.3 is 5.11 Å². The molecule has 5 heteroatoms. The van der Waals surface area contributed by atoms with Crippen molar-refractivity contribution in [3.05, 3.63) is 35.4 Å². The molecule has 0 bridgehead atoms. The molecule has 0 aliphatic heterocycles. The van der Waals surface area contributed by atoms with E-state index in [-0.39, 0.29) is 5.56 Å². The standard InChI is InChI=1S/C12H13F3O2/c1-7-3-5-9(6-4-7)10(16)8(2)11(17)12(13,14)15/h3-6,8,11,17H,1-2H3/t8-,11+/m1/s1. The molecular formula is C12H13F3O2. The van der Waals surface area contributed by atoms with Gasteiger partial charge in [-0.25, -0.2) is 0 Å². The Balaban J connectivity index is 2.87. The first-order chi connectivity index (χ1) is 7.73. The third-order valence-corrected chi connectivity index (χ3v) is 2.56. The highest BCUT2D eigenvalue weighted by molar-refractivity contribution is 5.98. The number of aryl methyl sites for hydroxylation is 1. The van der Waals surface area contributed by atoms with Gasteiger partial charge in [-0.15, -0.1) is 0 Å². The van der Waals surface area contributed by atoms with E-state index < -0.39 is 24.0 Å². The number of rotatable bonds is 3. The van der Waals surface area contributed by atoms with Gasteiger partial charge >= 0.3 is 6.18 Å². The second-order valence-electron chi connectivity index (χ2n) is 4.01. The lowest BCUT2D eigenvalue weighted by Crippen LogP contribution is -2.38. The zero-order chi connectivity index (χ0) is 13.2. The maximum Gasteiger partial charge on any atom is 0.415 e. The van der Waals surface area contributed by atoms with Gasteiger partial charge in [-0.3, -0.25) is 4.79 Å². The molecule has 0 unspecified atom stereocenters. The summed E-state index contributed by atoms with van der Waals surface area (Å²) in [4.78, 5) is 11.7. The van der Waals surface area contributed by atoms with E-state index in [1.54, 1.807) is 12.1 Å². The topological polar surface area (TPSA) is 37.3 Å². The van der Waals surface area contributed by atoms with E-state index in [0.29, 0.717) is 0 Å². The minimum atomic E-state index is -4.78. The van der Waals surface area contributed by atoms with Crippen molar-refractivity contribution < 1.29 is 23.1 Å². The van der Waals surface area contributed by atoms with Gasteiger partial charge in [0.25, 0.3) is 0 Å². The highest BCUT2D eigenvalue weighted by atomic mass is 19.4. The van der Waals surface area contributed by atoms with E-state index in [1.807, 2.05) is 6.92 Å². The summed E-state index contributed by atoms with van der Waals surface area (Å²) < 4.78 is 36.7. The van der Waals surface area contributed by atoms with Crippen molar-refractivity contribution in [1.29, 1.82) is 0 Å². The van der Waals surface area contributed by atoms with Gasteiger partial charge in [0.2, 0.25) is 0 Å². The molecule has 2 atom stereocenters. The van der Waals surface area contributed by atoms with E-state index in [0.717, 1.165) is 12.5 Å². The van der Waals surface area contributed by atoms with Gasteiger partial charge in [0, 0.05) is 5.56 Å². The molecule has 0 saturated carbocycles. The average molecular weight is 246 g/mol. The molecule has 0 spiro atoms. The van der Waals surface area contributed by atoms with Crippen LogP contribution in [0.15, 0.2) is 24.3 Å². The number of Topliss-reactive ketones (excluding diaryl/α,β-unsaturated/α-hetero) is 1. The number of halogens is 3. The first kappa shape index (κ1) is 13.7. The van der Waals surface area contributed by atoms with Crippen LogP contribution >= 0.6 is 0 Å². The minimum absolute atomic E-state index is 0.173. The highest BCUT2D eigenvalue weighted by Gasteiger charge is 2.44. The molecule has 0 amide bonds. The van der Waals surface area contributed by atoms with Crippen LogP contribution < -0.4 is 0 Å². The summed E-state index contributed by atoms with van der Waals surface area (Å²) in [5.41, 5.74) is 1.08. The number of aliphatic hydroxyl groups excluding tert-OH is 1. The Morgan fingerprint density at radius 2 is 1.71 bits per heavy atom. The highest BCUT2D eigenvalue weighted by Crippen LogP contribution is 2.27. The maximum atomic E-state index is 12.2. The van der Waals surface area contributed by atoms with Crippen LogP contribution in [0.5, 0.6) is 0 Å². The third-order valence-electron chi connectivity index (χ3n) is 2.56. The van der Waals surface area contributed by atoms with Crippen LogP contribution in [-0.4, -0.2) is 23.2 Å². The predicted molar refractivity (Wildman–Crippen MR) is 56.7 cm³/mol. The van der Waals surface area contributed by atoms with Crippen LogP contribution in [0.1, 0.15) is 22.8 Å². The third kappa shape index (κ3) is 3.30. The lowest BCUT2D eigenvalue weighted by atomic mass is 9.93. The van der Waals surface area contributed by atoms with Crippen molar-refractivity contribution >= 4 is 5.78 Å². The largest absolute Gasteiger partial charge is 0.415 e. The number of ketones is 1. The van der Waals surface area contributed by atoms with Crippen LogP contribution in [-0.2, 0) is 0 Å². The molecular weight excluding hydrogens is 233 g/mol. The summed E-state index contributed by atoms with van der Waals surface area (Å²) in [6.07, 6.45) is -7.41. The van der Waals surface area contributed by atoms with Gasteiger partial charge in [0.05, 0.1) is 5.92 Å². The van der Waals surface area contributed by atoms with Gasteiger partial charge in [-0.2, -0.15) is 13.2 Å². The molecule has 2 nitrogen and oxygen atoms in total. The van der Waals surface area contributed by atoms with Crippen LogP contribution in [0.3, 0.4) is 0 Å². The lowest BCUT2D eigenvalue weighted by molar-refractivity contribution is -0.212. The summed E-state index contributed by atoms with van der Waals surface area (Å²) in [6.45, 7) is 2.88. The van der Waals surface area contributed by atoms with Crippen LogP contribution in [0.4, 0.5) is 13.2 Å². The Labute approximate surface area is 97.1 Å². The molecule has 0 aliphatic rings. The monoisotopic (exact) mass is 246 g/mol. The first-order valence-electron chi connectivity index (χ1n) is 5.09. The number of hydrogen-bond acceptors (Lipinski definition) is 2. The van der Waals surface area contributed by atoms with Gasteiger partial charge in [-0.05, 0) is 6.92 Å². The Hall–Kier alpha value is -1.36. The number of carbonyl (C=O) groups excluding carboxylic acids is 1. The second kappa shape index (κ2) is 4.87. The first-order valence-corrected chi connectivity index (χ1v) is 5.09. The van der Waals surface area contributed by atoms with Gasteiger partial charge in [-0.1, -0.05) is 36.8 Å².